The molecule has 2 aromatic rings. The summed E-state index contributed by atoms with van der Waals surface area (Å²) in [5.74, 6) is 0.277. The maximum Gasteiger partial charge on any atom is 0.219 e. The minimum Gasteiger partial charge on any atom is -0.497 e. The molecule has 2 rings (SSSR count). The first-order chi connectivity index (χ1) is 8.19. The highest BCUT2D eigenvalue weighted by Gasteiger charge is 2.06. The standard InChI is InChI=1S/C12H9ClFNO2/c1-16-9-3-4-11(10(14)6-9)17-12-5-2-8(13)7-15-12/h2-7H,1H3. The van der Waals surface area contributed by atoms with Crippen molar-refractivity contribution in [2.24, 2.45) is 0 Å². The van der Waals surface area contributed by atoms with Crippen LogP contribution < -0.4 is 9.47 Å². The van der Waals surface area contributed by atoms with Crippen LogP contribution in [0.1, 0.15) is 0 Å². The van der Waals surface area contributed by atoms with Crippen molar-refractivity contribution >= 4 is 11.6 Å². The zero-order valence-electron chi connectivity index (χ0n) is 8.98. The molecule has 1 heterocycles. The molecule has 0 N–H and O–H groups in total. The highest BCUT2D eigenvalue weighted by atomic mass is 35.5. The second-order valence-corrected chi connectivity index (χ2v) is 3.65. The molecule has 17 heavy (non-hydrogen) atoms. The summed E-state index contributed by atoms with van der Waals surface area (Å²) in [6.45, 7) is 0. The Morgan fingerprint density at radius 2 is 2.06 bits per heavy atom. The van der Waals surface area contributed by atoms with Gasteiger partial charge in [-0.15, -0.1) is 0 Å². The van der Waals surface area contributed by atoms with Gasteiger partial charge in [-0.3, -0.25) is 0 Å². The second kappa shape index (κ2) is 5.01. The molecule has 0 radical (unpaired) electrons. The van der Waals surface area contributed by atoms with Crippen LogP contribution in [0.4, 0.5) is 4.39 Å². The normalized spacial score (nSPS) is 10.1. The fraction of sp³-hybridized carbons (Fsp3) is 0.0833. The summed E-state index contributed by atoms with van der Waals surface area (Å²) in [7, 11) is 1.47. The number of benzene rings is 1. The van der Waals surface area contributed by atoms with Crippen LogP contribution in [0.3, 0.4) is 0 Å². The Balaban J connectivity index is 2.21. The Morgan fingerprint density at radius 3 is 2.65 bits per heavy atom. The topological polar surface area (TPSA) is 31.4 Å². The summed E-state index contributed by atoms with van der Waals surface area (Å²) in [5, 5.41) is 0.493. The van der Waals surface area contributed by atoms with Crippen molar-refractivity contribution in [3.05, 3.63) is 47.4 Å². The summed E-state index contributed by atoms with van der Waals surface area (Å²) in [6.07, 6.45) is 1.43. The molecule has 1 aromatic heterocycles. The quantitative estimate of drug-likeness (QED) is 0.836. The Labute approximate surface area is 103 Å². The molecule has 3 nitrogen and oxygen atoms in total. The third kappa shape index (κ3) is 2.85. The molecule has 5 heteroatoms. The Hall–Kier alpha value is -1.81. The predicted molar refractivity (Wildman–Crippen MR) is 62.3 cm³/mol. The monoisotopic (exact) mass is 253 g/mol. The van der Waals surface area contributed by atoms with Gasteiger partial charge in [-0.1, -0.05) is 11.6 Å². The average molecular weight is 254 g/mol. The Bertz CT molecular complexity index is 516. The van der Waals surface area contributed by atoms with E-state index in [1.54, 1.807) is 18.2 Å². The number of pyridine rings is 1. The van der Waals surface area contributed by atoms with Crippen molar-refractivity contribution in [2.75, 3.05) is 7.11 Å². The highest BCUT2D eigenvalue weighted by Crippen LogP contribution is 2.26. The largest absolute Gasteiger partial charge is 0.497 e. The molecule has 88 valence electrons. The summed E-state index contributed by atoms with van der Waals surface area (Å²) in [6, 6.07) is 7.50. The fourth-order valence-corrected chi connectivity index (χ4v) is 1.34. The van der Waals surface area contributed by atoms with E-state index in [4.69, 9.17) is 21.1 Å². The highest BCUT2D eigenvalue weighted by molar-refractivity contribution is 6.30. The van der Waals surface area contributed by atoms with E-state index in [2.05, 4.69) is 4.98 Å². The van der Waals surface area contributed by atoms with Crippen LogP contribution in [0, 0.1) is 5.82 Å². The molecule has 0 saturated carbocycles. The lowest BCUT2D eigenvalue weighted by atomic mass is 10.3. The van der Waals surface area contributed by atoms with Gasteiger partial charge in [0.25, 0.3) is 0 Å². The molecule has 0 atom stereocenters. The minimum absolute atomic E-state index is 0.0839. The fourth-order valence-electron chi connectivity index (χ4n) is 1.23. The Morgan fingerprint density at radius 1 is 1.24 bits per heavy atom. The molecule has 0 spiro atoms. The molecular weight excluding hydrogens is 245 g/mol. The molecule has 0 saturated heterocycles. The number of halogens is 2. The SMILES string of the molecule is COc1ccc(Oc2ccc(Cl)cn2)c(F)c1. The Kier molecular flexibility index (Phi) is 3.44. The number of methoxy groups -OCH3 is 1. The van der Waals surface area contributed by atoms with Crippen molar-refractivity contribution in [3.63, 3.8) is 0 Å². The van der Waals surface area contributed by atoms with Gasteiger partial charge < -0.3 is 9.47 Å². The molecule has 0 aliphatic heterocycles. The number of hydrogen-bond acceptors (Lipinski definition) is 3. The van der Waals surface area contributed by atoms with Gasteiger partial charge >= 0.3 is 0 Å². The number of rotatable bonds is 3. The lowest BCUT2D eigenvalue weighted by Crippen LogP contribution is -1.91. The molecule has 0 aliphatic rings. The van der Waals surface area contributed by atoms with Crippen molar-refractivity contribution in [1.29, 1.82) is 0 Å². The van der Waals surface area contributed by atoms with Crippen LogP contribution in [0.2, 0.25) is 5.02 Å². The molecule has 0 bridgehead atoms. The van der Waals surface area contributed by atoms with Crippen LogP contribution >= 0.6 is 11.6 Å². The maximum absolute atomic E-state index is 13.5. The maximum atomic E-state index is 13.5. The number of nitrogens with zero attached hydrogens (tertiary/aromatic N) is 1. The van der Waals surface area contributed by atoms with Crippen LogP contribution in [-0.4, -0.2) is 12.1 Å². The molecular formula is C12H9ClFNO2. The van der Waals surface area contributed by atoms with Gasteiger partial charge in [0.2, 0.25) is 5.88 Å². The average Bonchev–Trinajstić information content (AvgIpc) is 2.34. The van der Waals surface area contributed by atoms with Gasteiger partial charge in [0.05, 0.1) is 12.1 Å². The summed E-state index contributed by atoms with van der Waals surface area (Å²) < 4.78 is 23.7. The van der Waals surface area contributed by atoms with E-state index in [-0.39, 0.29) is 11.6 Å². The van der Waals surface area contributed by atoms with Gasteiger partial charge in [-0.05, 0) is 18.2 Å². The molecule has 1 aromatic carbocycles. The predicted octanol–water partition coefficient (Wildman–Crippen LogP) is 3.68. The second-order valence-electron chi connectivity index (χ2n) is 3.21. The smallest absolute Gasteiger partial charge is 0.219 e. The zero-order chi connectivity index (χ0) is 12.3. The van der Waals surface area contributed by atoms with Crippen molar-refractivity contribution in [3.8, 4) is 17.4 Å². The molecule has 0 fully saturated rings. The zero-order valence-corrected chi connectivity index (χ0v) is 9.74. The first-order valence-corrected chi connectivity index (χ1v) is 5.20. The number of aromatic nitrogens is 1. The lowest BCUT2D eigenvalue weighted by Gasteiger charge is -2.07. The molecule has 0 amide bonds. The first kappa shape index (κ1) is 11.7. The van der Waals surface area contributed by atoms with Crippen LogP contribution in [-0.2, 0) is 0 Å². The van der Waals surface area contributed by atoms with E-state index in [1.807, 2.05) is 0 Å². The van der Waals surface area contributed by atoms with Crippen molar-refractivity contribution < 1.29 is 13.9 Å². The first-order valence-electron chi connectivity index (χ1n) is 4.82. The van der Waals surface area contributed by atoms with E-state index in [1.165, 1.54) is 25.4 Å². The number of hydrogen-bond donors (Lipinski definition) is 0. The lowest BCUT2D eigenvalue weighted by molar-refractivity contribution is 0.399. The molecule has 0 aliphatic carbocycles. The summed E-state index contributed by atoms with van der Waals surface area (Å²) >= 11 is 5.68. The molecule has 0 unspecified atom stereocenters. The van der Waals surface area contributed by atoms with E-state index in [0.29, 0.717) is 10.8 Å². The number of ether oxygens (including phenoxy) is 2. The van der Waals surface area contributed by atoms with Gasteiger partial charge in [0, 0.05) is 18.3 Å². The van der Waals surface area contributed by atoms with Crippen LogP contribution in [0.15, 0.2) is 36.5 Å². The minimum atomic E-state index is -0.513. The van der Waals surface area contributed by atoms with Gasteiger partial charge in [0.1, 0.15) is 5.75 Å². The summed E-state index contributed by atoms with van der Waals surface area (Å²) in [5.41, 5.74) is 0. The van der Waals surface area contributed by atoms with E-state index in [0.717, 1.165) is 0 Å². The van der Waals surface area contributed by atoms with Crippen LogP contribution in [0.25, 0.3) is 0 Å². The van der Waals surface area contributed by atoms with Crippen molar-refractivity contribution in [2.45, 2.75) is 0 Å². The third-order valence-electron chi connectivity index (χ3n) is 2.05. The van der Waals surface area contributed by atoms with Gasteiger partial charge in [-0.2, -0.15) is 0 Å². The summed E-state index contributed by atoms with van der Waals surface area (Å²) in [4.78, 5) is 3.91. The third-order valence-corrected chi connectivity index (χ3v) is 2.28. The van der Waals surface area contributed by atoms with Crippen LogP contribution in [0.5, 0.6) is 17.4 Å². The van der Waals surface area contributed by atoms with E-state index in [9.17, 15) is 4.39 Å². The van der Waals surface area contributed by atoms with Gasteiger partial charge in [-0.25, -0.2) is 9.37 Å². The van der Waals surface area contributed by atoms with E-state index >= 15 is 0 Å². The van der Waals surface area contributed by atoms with Crippen molar-refractivity contribution in [1.82, 2.24) is 4.98 Å². The van der Waals surface area contributed by atoms with E-state index < -0.39 is 5.82 Å². The van der Waals surface area contributed by atoms with Gasteiger partial charge in [0.15, 0.2) is 11.6 Å².